The van der Waals surface area contributed by atoms with Crippen molar-refractivity contribution in [2.75, 3.05) is 19.6 Å². The third-order valence-corrected chi connectivity index (χ3v) is 5.64. The summed E-state index contributed by atoms with van der Waals surface area (Å²) in [6.45, 7) is 9.27. The van der Waals surface area contributed by atoms with Gasteiger partial charge < -0.3 is 5.32 Å². The van der Waals surface area contributed by atoms with E-state index in [4.69, 9.17) is 4.84 Å². The molecule has 6 heteroatoms. The van der Waals surface area contributed by atoms with Gasteiger partial charge in [-0.25, -0.2) is 5.01 Å². The highest BCUT2D eigenvalue weighted by Gasteiger charge is 2.38. The Morgan fingerprint density at radius 2 is 2.00 bits per heavy atom. The number of hydrogen-bond acceptors (Lipinski definition) is 5. The number of hydrogen-bond donors (Lipinski definition) is 3. The maximum Gasteiger partial charge on any atom is 0.239 e. The molecule has 24 heavy (non-hydrogen) atoms. The smallest absolute Gasteiger partial charge is 0.239 e. The molecule has 3 unspecified atom stereocenters. The van der Waals surface area contributed by atoms with Crippen LogP contribution in [0.25, 0.3) is 0 Å². The number of hydroxylamine groups is 1. The third kappa shape index (κ3) is 4.69. The van der Waals surface area contributed by atoms with Gasteiger partial charge in [0.05, 0.1) is 12.1 Å². The van der Waals surface area contributed by atoms with Crippen LogP contribution in [0.5, 0.6) is 0 Å². The first-order valence-corrected chi connectivity index (χ1v) is 9.62. The van der Waals surface area contributed by atoms with Crippen molar-refractivity contribution in [3.8, 4) is 0 Å². The fourth-order valence-electron chi connectivity index (χ4n) is 4.02. The lowest BCUT2D eigenvalue weighted by atomic mass is 9.86. The van der Waals surface area contributed by atoms with Gasteiger partial charge in [0.15, 0.2) is 0 Å². The van der Waals surface area contributed by atoms with Crippen molar-refractivity contribution in [1.82, 2.24) is 21.2 Å². The van der Waals surface area contributed by atoms with Gasteiger partial charge in [0, 0.05) is 26.1 Å². The molecule has 3 N–H and O–H groups in total. The molecule has 2 aliphatic heterocycles. The maximum atomic E-state index is 12.5. The number of hydrazine groups is 1. The van der Waals surface area contributed by atoms with Gasteiger partial charge >= 0.3 is 0 Å². The molecule has 3 rings (SSSR count). The van der Waals surface area contributed by atoms with Crippen molar-refractivity contribution in [2.45, 2.75) is 77.5 Å². The van der Waals surface area contributed by atoms with E-state index >= 15 is 0 Å². The first-order chi connectivity index (χ1) is 11.4. The second-order valence-electron chi connectivity index (χ2n) is 8.86. The SMILES string of the molecule is CC(C)(C)C1CC(C(=O)NC2CNN(CC3CCCCC3)C2)NO1. The molecule has 0 radical (unpaired) electrons. The zero-order valence-electron chi connectivity index (χ0n) is 15.4. The van der Waals surface area contributed by atoms with Gasteiger partial charge in [-0.05, 0) is 24.2 Å². The van der Waals surface area contributed by atoms with Crippen molar-refractivity contribution in [1.29, 1.82) is 0 Å². The van der Waals surface area contributed by atoms with E-state index in [1.807, 2.05) is 0 Å². The Labute approximate surface area is 146 Å². The van der Waals surface area contributed by atoms with Gasteiger partial charge in [-0.1, -0.05) is 40.0 Å². The van der Waals surface area contributed by atoms with Crippen LogP contribution in [0.4, 0.5) is 0 Å². The molecule has 6 nitrogen and oxygen atoms in total. The number of rotatable bonds is 4. The Morgan fingerprint density at radius 1 is 1.25 bits per heavy atom. The fraction of sp³-hybridized carbons (Fsp3) is 0.944. The van der Waals surface area contributed by atoms with Crippen LogP contribution in [0, 0.1) is 11.3 Å². The van der Waals surface area contributed by atoms with Crippen molar-refractivity contribution < 1.29 is 9.63 Å². The zero-order chi connectivity index (χ0) is 17.2. The second-order valence-corrected chi connectivity index (χ2v) is 8.86. The largest absolute Gasteiger partial charge is 0.349 e. The van der Waals surface area contributed by atoms with E-state index in [2.05, 4.69) is 42.0 Å². The minimum Gasteiger partial charge on any atom is -0.349 e. The molecule has 3 aliphatic rings. The quantitative estimate of drug-likeness (QED) is 0.726. The van der Waals surface area contributed by atoms with Crippen LogP contribution >= 0.6 is 0 Å². The van der Waals surface area contributed by atoms with Crippen molar-refractivity contribution in [3.63, 3.8) is 0 Å². The Morgan fingerprint density at radius 3 is 2.67 bits per heavy atom. The molecule has 3 atom stereocenters. The summed E-state index contributed by atoms with van der Waals surface area (Å²) in [5.74, 6) is 0.881. The predicted octanol–water partition coefficient (Wildman–Crippen LogP) is 1.58. The molecule has 2 heterocycles. The normalized spacial score (nSPS) is 33.0. The molecule has 2 saturated heterocycles. The van der Waals surface area contributed by atoms with E-state index in [1.165, 1.54) is 32.1 Å². The van der Waals surface area contributed by atoms with Gasteiger partial charge in [-0.15, -0.1) is 0 Å². The molecule has 138 valence electrons. The lowest BCUT2D eigenvalue weighted by Crippen LogP contribution is -2.47. The van der Waals surface area contributed by atoms with Gasteiger partial charge in [0.2, 0.25) is 5.91 Å². The van der Waals surface area contributed by atoms with Crippen LogP contribution in [-0.2, 0) is 9.63 Å². The van der Waals surface area contributed by atoms with Crippen molar-refractivity contribution >= 4 is 5.91 Å². The predicted molar refractivity (Wildman–Crippen MR) is 94.0 cm³/mol. The Hall–Kier alpha value is -0.690. The average molecular weight is 338 g/mol. The summed E-state index contributed by atoms with van der Waals surface area (Å²) in [6.07, 6.45) is 7.68. The molecular formula is C18H34N4O2. The lowest BCUT2D eigenvalue weighted by Gasteiger charge is -2.26. The molecule has 0 aromatic heterocycles. The van der Waals surface area contributed by atoms with E-state index < -0.39 is 0 Å². The third-order valence-electron chi connectivity index (χ3n) is 5.64. The van der Waals surface area contributed by atoms with E-state index in [0.29, 0.717) is 0 Å². The van der Waals surface area contributed by atoms with Crippen molar-refractivity contribution in [2.24, 2.45) is 11.3 Å². The van der Waals surface area contributed by atoms with Crippen molar-refractivity contribution in [3.05, 3.63) is 0 Å². The molecule has 1 saturated carbocycles. The summed E-state index contributed by atoms with van der Waals surface area (Å²) in [7, 11) is 0. The molecular weight excluding hydrogens is 304 g/mol. The van der Waals surface area contributed by atoms with Gasteiger partial charge in [0.25, 0.3) is 0 Å². The van der Waals surface area contributed by atoms with Gasteiger partial charge in [0.1, 0.15) is 6.04 Å². The minimum atomic E-state index is -0.235. The highest BCUT2D eigenvalue weighted by atomic mass is 16.7. The van der Waals surface area contributed by atoms with Crippen LogP contribution in [-0.4, -0.2) is 48.7 Å². The maximum absolute atomic E-state index is 12.5. The minimum absolute atomic E-state index is 0.0493. The van der Waals surface area contributed by atoms with E-state index in [1.54, 1.807) is 0 Å². The topological polar surface area (TPSA) is 65.6 Å². The number of carbonyl (C=O) groups excluding carboxylic acids is 1. The monoisotopic (exact) mass is 338 g/mol. The first-order valence-electron chi connectivity index (χ1n) is 9.62. The van der Waals surface area contributed by atoms with Gasteiger partial charge in [-0.2, -0.15) is 5.48 Å². The highest BCUT2D eigenvalue weighted by molar-refractivity contribution is 5.82. The van der Waals surface area contributed by atoms with E-state index in [9.17, 15) is 4.79 Å². The highest BCUT2D eigenvalue weighted by Crippen LogP contribution is 2.29. The Bertz CT molecular complexity index is 431. The van der Waals surface area contributed by atoms with E-state index in [-0.39, 0.29) is 29.5 Å². The second kappa shape index (κ2) is 7.68. The Kier molecular flexibility index (Phi) is 5.80. The van der Waals surface area contributed by atoms with Crippen LogP contribution in [0.3, 0.4) is 0 Å². The number of amides is 1. The van der Waals surface area contributed by atoms with Crippen LogP contribution in [0.1, 0.15) is 59.3 Å². The lowest BCUT2D eigenvalue weighted by molar-refractivity contribution is -0.125. The molecule has 1 aliphatic carbocycles. The molecule has 1 amide bonds. The standard InChI is InChI=1S/C18H34N4O2/c1-18(2,3)16-9-15(21-24-16)17(23)20-14-10-19-22(12-14)11-13-7-5-4-6-8-13/h13-16,19,21H,4-12H2,1-3H3,(H,20,23). The molecule has 0 bridgehead atoms. The van der Waals surface area contributed by atoms with Crippen LogP contribution < -0.4 is 16.2 Å². The summed E-state index contributed by atoms with van der Waals surface area (Å²) >= 11 is 0. The summed E-state index contributed by atoms with van der Waals surface area (Å²) in [4.78, 5) is 18.1. The van der Waals surface area contributed by atoms with Gasteiger partial charge in [-0.3, -0.25) is 15.1 Å². The molecule has 0 aromatic carbocycles. The van der Waals surface area contributed by atoms with E-state index in [0.717, 1.165) is 32.0 Å². The molecule has 0 aromatic rings. The molecule has 0 spiro atoms. The summed E-state index contributed by atoms with van der Waals surface area (Å²) in [5.41, 5.74) is 6.42. The summed E-state index contributed by atoms with van der Waals surface area (Å²) < 4.78 is 0. The summed E-state index contributed by atoms with van der Waals surface area (Å²) in [6, 6.07) is -0.0433. The number of carbonyl (C=O) groups is 1. The Balaban J connectivity index is 1.40. The van der Waals surface area contributed by atoms with Crippen LogP contribution in [0.15, 0.2) is 0 Å². The first kappa shape index (κ1) is 18.1. The number of nitrogens with one attached hydrogen (secondary N) is 3. The summed E-state index contributed by atoms with van der Waals surface area (Å²) in [5, 5.41) is 5.48. The number of nitrogens with zero attached hydrogens (tertiary/aromatic N) is 1. The zero-order valence-corrected chi connectivity index (χ0v) is 15.4. The average Bonchev–Trinajstić information content (AvgIpc) is 3.17. The van der Waals surface area contributed by atoms with Crippen LogP contribution in [0.2, 0.25) is 0 Å². The molecule has 3 fully saturated rings. The fourth-order valence-corrected chi connectivity index (χ4v) is 4.02.